The fourth-order valence-corrected chi connectivity index (χ4v) is 2.52. The fourth-order valence-electron chi connectivity index (χ4n) is 2.52. The van der Waals surface area contributed by atoms with Crippen molar-refractivity contribution < 1.29 is 14.1 Å². The van der Waals surface area contributed by atoms with Crippen LogP contribution >= 0.6 is 0 Å². The summed E-state index contributed by atoms with van der Waals surface area (Å²) in [5, 5.41) is 11.3. The van der Waals surface area contributed by atoms with Crippen molar-refractivity contribution in [3.8, 4) is 0 Å². The van der Waals surface area contributed by atoms with E-state index >= 15 is 0 Å². The van der Waals surface area contributed by atoms with Gasteiger partial charge in [-0.15, -0.1) is 0 Å². The lowest BCUT2D eigenvalue weighted by Crippen LogP contribution is -2.30. The zero-order valence-corrected chi connectivity index (χ0v) is 13.6. The summed E-state index contributed by atoms with van der Waals surface area (Å²) in [6.07, 6.45) is 1.53. The van der Waals surface area contributed by atoms with Gasteiger partial charge in [-0.2, -0.15) is 0 Å². The van der Waals surface area contributed by atoms with Crippen molar-refractivity contribution in [2.24, 2.45) is 0 Å². The van der Waals surface area contributed by atoms with Crippen LogP contribution in [0.25, 0.3) is 0 Å². The maximum absolute atomic E-state index is 13.1. The number of anilines is 1. The van der Waals surface area contributed by atoms with Gasteiger partial charge >= 0.3 is 0 Å². The molecule has 0 aliphatic carbocycles. The van der Waals surface area contributed by atoms with Crippen molar-refractivity contribution in [2.45, 2.75) is 13.5 Å². The first-order chi connectivity index (χ1) is 12.1. The predicted molar refractivity (Wildman–Crippen MR) is 93.5 cm³/mol. The number of nitro benzene ring substituents is 1. The molecule has 0 unspecified atom stereocenters. The summed E-state index contributed by atoms with van der Waals surface area (Å²) < 4.78 is 5.35. The largest absolute Gasteiger partial charge is 0.467 e. The summed E-state index contributed by atoms with van der Waals surface area (Å²) >= 11 is 0. The van der Waals surface area contributed by atoms with Gasteiger partial charge in [-0.1, -0.05) is 29.8 Å². The van der Waals surface area contributed by atoms with E-state index in [-0.39, 0.29) is 17.8 Å². The highest BCUT2D eigenvalue weighted by Crippen LogP contribution is 2.25. The van der Waals surface area contributed by atoms with E-state index in [0.29, 0.717) is 11.4 Å². The normalized spacial score (nSPS) is 10.4. The van der Waals surface area contributed by atoms with Gasteiger partial charge in [0.15, 0.2) is 0 Å². The Bertz CT molecular complexity index is 886. The number of rotatable bonds is 5. The first kappa shape index (κ1) is 16.4. The van der Waals surface area contributed by atoms with Crippen molar-refractivity contribution in [3.05, 3.63) is 93.9 Å². The Morgan fingerprint density at radius 2 is 1.80 bits per heavy atom. The van der Waals surface area contributed by atoms with Gasteiger partial charge in [0.25, 0.3) is 11.6 Å². The van der Waals surface area contributed by atoms with Gasteiger partial charge in [-0.3, -0.25) is 14.9 Å². The molecule has 0 fully saturated rings. The van der Waals surface area contributed by atoms with Crippen LogP contribution in [0.3, 0.4) is 0 Å². The van der Waals surface area contributed by atoms with Gasteiger partial charge in [-0.25, -0.2) is 0 Å². The van der Waals surface area contributed by atoms with Gasteiger partial charge in [-0.05, 0) is 37.3 Å². The van der Waals surface area contributed by atoms with Gasteiger partial charge < -0.3 is 9.32 Å². The summed E-state index contributed by atoms with van der Waals surface area (Å²) in [6.45, 7) is 2.13. The predicted octanol–water partition coefficient (Wildman–Crippen LogP) is 4.34. The molecular formula is C19H16N2O4. The quantitative estimate of drug-likeness (QED) is 0.513. The number of nitrogens with zero attached hydrogens (tertiary/aromatic N) is 2. The number of para-hydroxylation sites is 1. The van der Waals surface area contributed by atoms with Crippen molar-refractivity contribution in [1.82, 2.24) is 0 Å². The highest BCUT2D eigenvalue weighted by Gasteiger charge is 2.26. The molecule has 126 valence electrons. The van der Waals surface area contributed by atoms with Crippen LogP contribution in [0.4, 0.5) is 11.4 Å². The number of hydrogen-bond acceptors (Lipinski definition) is 4. The summed E-state index contributed by atoms with van der Waals surface area (Å²) in [7, 11) is 0. The van der Waals surface area contributed by atoms with Crippen LogP contribution in [0.2, 0.25) is 0 Å². The van der Waals surface area contributed by atoms with Gasteiger partial charge in [0, 0.05) is 11.8 Å². The topological polar surface area (TPSA) is 76.6 Å². The molecule has 0 saturated heterocycles. The number of carbonyl (C=O) groups excluding carboxylic acids is 1. The Kier molecular flexibility index (Phi) is 4.61. The number of aryl methyl sites for hydroxylation is 1. The molecular weight excluding hydrogens is 320 g/mol. The van der Waals surface area contributed by atoms with Crippen molar-refractivity contribution in [3.63, 3.8) is 0 Å². The Labute approximate surface area is 144 Å². The van der Waals surface area contributed by atoms with E-state index in [1.165, 1.54) is 29.4 Å². The molecule has 3 rings (SSSR count). The molecule has 0 aliphatic rings. The Morgan fingerprint density at radius 3 is 2.44 bits per heavy atom. The molecule has 2 aromatic carbocycles. The van der Waals surface area contributed by atoms with Crippen LogP contribution in [0.15, 0.2) is 71.3 Å². The monoisotopic (exact) mass is 336 g/mol. The molecule has 0 aliphatic heterocycles. The highest BCUT2D eigenvalue weighted by molar-refractivity contribution is 6.08. The third kappa shape index (κ3) is 3.58. The lowest BCUT2D eigenvalue weighted by atomic mass is 10.1. The van der Waals surface area contributed by atoms with E-state index in [1.807, 2.05) is 31.2 Å². The summed E-state index contributed by atoms with van der Waals surface area (Å²) in [5.74, 6) is 0.139. The molecule has 6 heteroatoms. The van der Waals surface area contributed by atoms with E-state index < -0.39 is 10.8 Å². The van der Waals surface area contributed by atoms with Gasteiger partial charge in [0.2, 0.25) is 0 Å². The third-order valence-electron chi connectivity index (χ3n) is 3.82. The molecule has 0 N–H and O–H groups in total. The maximum atomic E-state index is 13.1. The molecule has 1 aromatic heterocycles. The van der Waals surface area contributed by atoms with E-state index in [2.05, 4.69) is 0 Å². The summed E-state index contributed by atoms with van der Waals surface area (Å²) in [6, 6.07) is 16.8. The standard InChI is InChI=1S/C19H16N2O4/c1-14-8-10-15(11-9-14)20(13-16-5-4-12-25-16)19(22)17-6-2-3-7-18(17)21(23)24/h2-12H,13H2,1H3. The van der Waals surface area contributed by atoms with Crippen LogP contribution in [-0.2, 0) is 6.54 Å². The second kappa shape index (κ2) is 7.00. The van der Waals surface area contributed by atoms with Crippen LogP contribution in [0, 0.1) is 17.0 Å². The fraction of sp³-hybridized carbons (Fsp3) is 0.105. The zero-order valence-electron chi connectivity index (χ0n) is 13.6. The highest BCUT2D eigenvalue weighted by atomic mass is 16.6. The molecule has 0 saturated carbocycles. The lowest BCUT2D eigenvalue weighted by molar-refractivity contribution is -0.385. The Balaban J connectivity index is 2.03. The van der Waals surface area contributed by atoms with Crippen molar-refractivity contribution in [1.29, 1.82) is 0 Å². The SMILES string of the molecule is Cc1ccc(N(Cc2ccco2)C(=O)c2ccccc2[N+](=O)[O-])cc1. The summed E-state index contributed by atoms with van der Waals surface area (Å²) in [4.78, 5) is 25.2. The maximum Gasteiger partial charge on any atom is 0.282 e. The average Bonchev–Trinajstić information content (AvgIpc) is 3.13. The molecule has 0 spiro atoms. The molecule has 25 heavy (non-hydrogen) atoms. The number of amides is 1. The molecule has 0 radical (unpaired) electrons. The summed E-state index contributed by atoms with van der Waals surface area (Å²) in [5.41, 5.74) is 1.52. The number of nitro groups is 1. The van der Waals surface area contributed by atoms with Crippen LogP contribution in [0.5, 0.6) is 0 Å². The minimum atomic E-state index is -0.548. The molecule has 0 bridgehead atoms. The molecule has 3 aromatic rings. The van der Waals surface area contributed by atoms with E-state index in [1.54, 1.807) is 18.2 Å². The number of furan rings is 1. The number of carbonyl (C=O) groups is 1. The van der Waals surface area contributed by atoms with Crippen LogP contribution in [0.1, 0.15) is 21.7 Å². The molecule has 0 atom stereocenters. The van der Waals surface area contributed by atoms with Crippen molar-refractivity contribution >= 4 is 17.3 Å². The molecule has 1 heterocycles. The smallest absolute Gasteiger partial charge is 0.282 e. The van der Waals surface area contributed by atoms with E-state index in [9.17, 15) is 14.9 Å². The molecule has 1 amide bonds. The Hall–Kier alpha value is -3.41. The zero-order chi connectivity index (χ0) is 17.8. The first-order valence-corrected chi connectivity index (χ1v) is 7.70. The minimum Gasteiger partial charge on any atom is -0.467 e. The number of benzene rings is 2. The van der Waals surface area contributed by atoms with E-state index in [4.69, 9.17) is 4.42 Å². The second-order valence-electron chi connectivity index (χ2n) is 5.58. The lowest BCUT2D eigenvalue weighted by Gasteiger charge is -2.22. The average molecular weight is 336 g/mol. The van der Waals surface area contributed by atoms with Gasteiger partial charge in [0.1, 0.15) is 11.3 Å². The first-order valence-electron chi connectivity index (χ1n) is 7.70. The number of hydrogen-bond donors (Lipinski definition) is 0. The van der Waals surface area contributed by atoms with Crippen molar-refractivity contribution in [2.75, 3.05) is 4.90 Å². The van der Waals surface area contributed by atoms with Crippen LogP contribution in [-0.4, -0.2) is 10.8 Å². The molecule has 6 nitrogen and oxygen atoms in total. The Morgan fingerprint density at radius 1 is 1.08 bits per heavy atom. The third-order valence-corrected chi connectivity index (χ3v) is 3.82. The van der Waals surface area contributed by atoms with Crippen LogP contribution < -0.4 is 4.90 Å². The second-order valence-corrected chi connectivity index (χ2v) is 5.58. The van der Waals surface area contributed by atoms with E-state index in [0.717, 1.165) is 5.56 Å². The van der Waals surface area contributed by atoms with Gasteiger partial charge in [0.05, 0.1) is 17.7 Å². The minimum absolute atomic E-state index is 0.0413.